The summed E-state index contributed by atoms with van der Waals surface area (Å²) in [7, 11) is -1.15. The van der Waals surface area contributed by atoms with Crippen LogP contribution in [0.4, 0.5) is 0 Å². The summed E-state index contributed by atoms with van der Waals surface area (Å²) in [5, 5.41) is 2.94. The lowest BCUT2D eigenvalue weighted by Gasteiger charge is -2.28. The van der Waals surface area contributed by atoms with Crippen LogP contribution in [0.25, 0.3) is 22.3 Å². The minimum absolute atomic E-state index is 0.215. The number of aromatic nitrogens is 1. The molecule has 0 aliphatic carbocycles. The standard InChI is InChI=1S/C30H28N2O3S/c1-20-8-9-24(16-29(20)36(2)34)30(33)32-17-26-14-23(12-13-31-26)22-10-11-27(25-18-35-19-25)28(15-22)21-6-4-3-5-7-21/h3-16,25H,17-19H2,1-2H3,(H,32,33). The maximum atomic E-state index is 12.7. The first-order valence-corrected chi connectivity index (χ1v) is 13.5. The van der Waals surface area contributed by atoms with Gasteiger partial charge in [-0.15, -0.1) is 0 Å². The highest BCUT2D eigenvalue weighted by atomic mass is 32.2. The van der Waals surface area contributed by atoms with Gasteiger partial charge in [0.15, 0.2) is 0 Å². The number of hydrogen-bond donors (Lipinski definition) is 1. The first-order valence-electron chi connectivity index (χ1n) is 11.9. The van der Waals surface area contributed by atoms with E-state index < -0.39 is 10.8 Å². The highest BCUT2D eigenvalue weighted by Crippen LogP contribution is 2.36. The predicted octanol–water partition coefficient (Wildman–Crippen LogP) is 5.51. The number of nitrogens with one attached hydrogen (secondary N) is 1. The Labute approximate surface area is 214 Å². The van der Waals surface area contributed by atoms with E-state index in [1.165, 1.54) is 16.7 Å². The molecule has 6 heteroatoms. The first kappa shape index (κ1) is 24.1. The molecule has 1 fully saturated rings. The van der Waals surface area contributed by atoms with Gasteiger partial charge in [0.05, 0.1) is 36.3 Å². The highest BCUT2D eigenvalue weighted by molar-refractivity contribution is 7.84. The molecule has 0 saturated carbocycles. The molecule has 36 heavy (non-hydrogen) atoms. The molecule has 3 aromatic carbocycles. The largest absolute Gasteiger partial charge is 0.380 e. The molecule has 5 nitrogen and oxygen atoms in total. The van der Waals surface area contributed by atoms with Gasteiger partial charge >= 0.3 is 0 Å². The number of hydrogen-bond acceptors (Lipinski definition) is 4. The third-order valence-corrected chi connectivity index (χ3v) is 7.62. The quantitative estimate of drug-likeness (QED) is 0.367. The molecule has 2 heterocycles. The molecule has 1 saturated heterocycles. The first-order chi connectivity index (χ1) is 17.5. The second kappa shape index (κ2) is 10.6. The fourth-order valence-corrected chi connectivity index (χ4v) is 5.27. The Morgan fingerprint density at radius 1 is 0.972 bits per heavy atom. The average molecular weight is 497 g/mol. The zero-order valence-electron chi connectivity index (χ0n) is 20.4. The Morgan fingerprint density at radius 3 is 2.47 bits per heavy atom. The van der Waals surface area contributed by atoms with E-state index in [1.54, 1.807) is 24.6 Å². The molecule has 182 valence electrons. The summed E-state index contributed by atoms with van der Waals surface area (Å²) in [6, 6.07) is 26.3. The lowest BCUT2D eigenvalue weighted by atomic mass is 9.87. The van der Waals surface area contributed by atoms with Crippen molar-refractivity contribution >= 4 is 16.7 Å². The summed E-state index contributed by atoms with van der Waals surface area (Å²) in [5.41, 5.74) is 8.03. The van der Waals surface area contributed by atoms with Crippen molar-refractivity contribution in [1.82, 2.24) is 10.3 Å². The molecule has 1 aliphatic rings. The summed E-state index contributed by atoms with van der Waals surface area (Å²) < 4.78 is 17.4. The van der Waals surface area contributed by atoms with Gasteiger partial charge in [-0.1, -0.05) is 48.5 Å². The van der Waals surface area contributed by atoms with Crippen LogP contribution in [-0.2, 0) is 22.1 Å². The molecule has 1 aromatic heterocycles. The van der Waals surface area contributed by atoms with E-state index in [-0.39, 0.29) is 5.91 Å². The normalized spacial score (nSPS) is 14.2. The Morgan fingerprint density at radius 2 is 1.75 bits per heavy atom. The van der Waals surface area contributed by atoms with E-state index in [1.807, 2.05) is 31.2 Å². The molecule has 1 N–H and O–H groups in total. The summed E-state index contributed by atoms with van der Waals surface area (Å²) in [6.45, 7) is 3.71. The zero-order valence-corrected chi connectivity index (χ0v) is 21.2. The SMILES string of the molecule is Cc1ccc(C(=O)NCc2cc(-c3ccc(C4COC4)c(-c4ccccc4)c3)ccn2)cc1S(C)=O. The van der Waals surface area contributed by atoms with Crippen LogP contribution in [0.15, 0.2) is 90.0 Å². The molecular weight excluding hydrogens is 468 g/mol. The van der Waals surface area contributed by atoms with E-state index >= 15 is 0 Å². The van der Waals surface area contributed by atoms with Crippen molar-refractivity contribution in [3.63, 3.8) is 0 Å². The molecular formula is C30H28N2O3S. The molecule has 1 amide bonds. The van der Waals surface area contributed by atoms with E-state index in [0.29, 0.717) is 22.9 Å². The number of nitrogens with zero attached hydrogens (tertiary/aromatic N) is 1. The van der Waals surface area contributed by atoms with Crippen LogP contribution in [0.1, 0.15) is 33.1 Å². The fraction of sp³-hybridized carbons (Fsp3) is 0.200. The Kier molecular flexibility index (Phi) is 7.07. The average Bonchev–Trinajstić information content (AvgIpc) is 2.87. The Balaban J connectivity index is 1.37. The summed E-state index contributed by atoms with van der Waals surface area (Å²) in [6.07, 6.45) is 3.39. The van der Waals surface area contributed by atoms with E-state index in [4.69, 9.17) is 4.74 Å². The van der Waals surface area contributed by atoms with Crippen molar-refractivity contribution < 1.29 is 13.7 Å². The van der Waals surface area contributed by atoms with Gasteiger partial charge in [-0.25, -0.2) is 0 Å². The third-order valence-electron chi connectivity index (χ3n) is 6.56. The lowest BCUT2D eigenvalue weighted by molar-refractivity contribution is 0.00864. The Bertz CT molecular complexity index is 1430. The second-order valence-corrected chi connectivity index (χ2v) is 10.4. The molecule has 0 spiro atoms. The van der Waals surface area contributed by atoms with Crippen molar-refractivity contribution in [3.05, 3.63) is 107 Å². The Hall–Kier alpha value is -3.61. The smallest absolute Gasteiger partial charge is 0.251 e. The van der Waals surface area contributed by atoms with E-state index in [2.05, 4.69) is 52.8 Å². The molecule has 5 rings (SSSR count). The number of amides is 1. The topological polar surface area (TPSA) is 68.3 Å². The van der Waals surface area contributed by atoms with Gasteiger partial charge in [0, 0.05) is 28.8 Å². The summed E-state index contributed by atoms with van der Waals surface area (Å²) in [4.78, 5) is 17.9. The molecule has 0 radical (unpaired) electrons. The van der Waals surface area contributed by atoms with Gasteiger partial charge in [0.1, 0.15) is 0 Å². The van der Waals surface area contributed by atoms with Crippen molar-refractivity contribution in [1.29, 1.82) is 0 Å². The van der Waals surface area contributed by atoms with Crippen molar-refractivity contribution in [2.75, 3.05) is 19.5 Å². The molecule has 0 bridgehead atoms. The molecule has 1 unspecified atom stereocenters. The summed E-state index contributed by atoms with van der Waals surface area (Å²) >= 11 is 0. The van der Waals surface area contributed by atoms with Gasteiger partial charge in [-0.3, -0.25) is 14.0 Å². The van der Waals surface area contributed by atoms with Crippen molar-refractivity contribution in [3.8, 4) is 22.3 Å². The van der Waals surface area contributed by atoms with E-state index in [9.17, 15) is 9.00 Å². The van der Waals surface area contributed by atoms with Crippen LogP contribution in [0.3, 0.4) is 0 Å². The number of pyridine rings is 1. The molecule has 4 aromatic rings. The van der Waals surface area contributed by atoms with Gasteiger partial charge in [0.2, 0.25) is 0 Å². The fourth-order valence-electron chi connectivity index (χ4n) is 4.45. The number of rotatable bonds is 7. The van der Waals surface area contributed by atoms with Crippen LogP contribution >= 0.6 is 0 Å². The maximum absolute atomic E-state index is 12.7. The van der Waals surface area contributed by atoms with Gasteiger partial charge in [0.25, 0.3) is 5.91 Å². The zero-order chi connectivity index (χ0) is 25.1. The number of carbonyl (C=O) groups excluding carboxylic acids is 1. The monoisotopic (exact) mass is 496 g/mol. The predicted molar refractivity (Wildman–Crippen MR) is 143 cm³/mol. The van der Waals surface area contributed by atoms with Gasteiger partial charge in [-0.2, -0.15) is 0 Å². The third kappa shape index (κ3) is 5.15. The number of carbonyl (C=O) groups is 1. The van der Waals surface area contributed by atoms with Gasteiger partial charge < -0.3 is 10.1 Å². The lowest BCUT2D eigenvalue weighted by Crippen LogP contribution is -2.25. The van der Waals surface area contributed by atoms with Crippen molar-refractivity contribution in [2.24, 2.45) is 0 Å². The number of aryl methyl sites for hydroxylation is 1. The molecule has 1 atom stereocenters. The van der Waals surface area contributed by atoms with Gasteiger partial charge in [-0.05, 0) is 70.6 Å². The van der Waals surface area contributed by atoms with Crippen LogP contribution in [0.5, 0.6) is 0 Å². The van der Waals surface area contributed by atoms with E-state index in [0.717, 1.165) is 35.6 Å². The van der Waals surface area contributed by atoms with Crippen molar-refractivity contribution in [2.45, 2.75) is 24.3 Å². The van der Waals surface area contributed by atoms with Crippen LogP contribution < -0.4 is 5.32 Å². The minimum Gasteiger partial charge on any atom is -0.380 e. The minimum atomic E-state index is -1.15. The second-order valence-electron chi connectivity index (χ2n) is 9.06. The summed E-state index contributed by atoms with van der Waals surface area (Å²) in [5.74, 6) is 0.206. The number of ether oxygens (including phenoxy) is 1. The maximum Gasteiger partial charge on any atom is 0.251 e. The van der Waals surface area contributed by atoms with Crippen LogP contribution in [0.2, 0.25) is 0 Å². The highest BCUT2D eigenvalue weighted by Gasteiger charge is 2.24. The number of benzene rings is 3. The van der Waals surface area contributed by atoms with Crippen LogP contribution in [-0.4, -0.2) is 34.6 Å². The molecule has 1 aliphatic heterocycles. The van der Waals surface area contributed by atoms with Crippen LogP contribution in [0, 0.1) is 6.92 Å².